The number of hydrogen-bond acceptors (Lipinski definition) is 3. The summed E-state index contributed by atoms with van der Waals surface area (Å²) in [7, 11) is 1.88. The van der Waals surface area contributed by atoms with Crippen LogP contribution in [0, 0.1) is 0 Å². The second-order valence-electron chi connectivity index (χ2n) is 4.08. The van der Waals surface area contributed by atoms with Crippen molar-refractivity contribution < 1.29 is 9.59 Å². The largest absolute Gasteiger partial charge is 0.332 e. The molecule has 1 fully saturated rings. The van der Waals surface area contributed by atoms with Gasteiger partial charge in [-0.25, -0.2) is 0 Å². The van der Waals surface area contributed by atoms with Gasteiger partial charge in [-0.05, 0) is 20.4 Å². The van der Waals surface area contributed by atoms with E-state index in [0.717, 1.165) is 6.42 Å². The van der Waals surface area contributed by atoms with E-state index >= 15 is 0 Å². The van der Waals surface area contributed by atoms with Gasteiger partial charge < -0.3 is 15.1 Å². The number of likely N-dealkylation sites (N-methyl/N-ethyl adjacent to an activating group) is 2. The highest BCUT2D eigenvalue weighted by Crippen LogP contribution is 2.06. The summed E-state index contributed by atoms with van der Waals surface area (Å²) < 4.78 is 0. The Morgan fingerprint density at radius 1 is 1.19 bits per heavy atom. The molecule has 0 saturated carbocycles. The van der Waals surface area contributed by atoms with E-state index in [1.165, 1.54) is 0 Å². The minimum absolute atomic E-state index is 0.0491. The first-order valence-electron chi connectivity index (χ1n) is 5.85. The molecule has 0 spiro atoms. The maximum atomic E-state index is 11.8. The lowest BCUT2D eigenvalue weighted by Gasteiger charge is -2.35. The molecule has 0 radical (unpaired) electrons. The van der Waals surface area contributed by atoms with Crippen LogP contribution in [0.5, 0.6) is 0 Å². The van der Waals surface area contributed by atoms with Gasteiger partial charge in [0.05, 0.1) is 13.1 Å². The normalized spacial score (nSPS) is 19.2. The van der Waals surface area contributed by atoms with Gasteiger partial charge in [-0.2, -0.15) is 0 Å². The zero-order valence-electron chi connectivity index (χ0n) is 10.3. The first-order chi connectivity index (χ1) is 7.62. The van der Waals surface area contributed by atoms with Gasteiger partial charge in [0, 0.05) is 19.1 Å². The molecule has 1 atom stereocenters. The highest BCUT2D eigenvalue weighted by atomic mass is 16.2. The lowest BCUT2D eigenvalue weighted by molar-refractivity contribution is -0.150. The van der Waals surface area contributed by atoms with Crippen LogP contribution in [-0.4, -0.2) is 60.9 Å². The highest BCUT2D eigenvalue weighted by Gasteiger charge is 2.29. The topological polar surface area (TPSA) is 52.7 Å². The second kappa shape index (κ2) is 5.84. The molecule has 2 amide bonds. The summed E-state index contributed by atoms with van der Waals surface area (Å²) in [5, 5.41) is 3.14. The first-order valence-corrected chi connectivity index (χ1v) is 5.85. The van der Waals surface area contributed by atoms with Crippen LogP contribution in [0.25, 0.3) is 0 Å². The molecule has 1 saturated heterocycles. The Balaban J connectivity index is 2.56. The van der Waals surface area contributed by atoms with Crippen LogP contribution in [0.3, 0.4) is 0 Å². The van der Waals surface area contributed by atoms with Crippen LogP contribution in [0.1, 0.15) is 20.3 Å². The molecule has 92 valence electrons. The highest BCUT2D eigenvalue weighted by molar-refractivity contribution is 5.92. The van der Waals surface area contributed by atoms with E-state index in [1.54, 1.807) is 9.80 Å². The predicted molar refractivity (Wildman–Crippen MR) is 62.0 cm³/mol. The number of carbonyl (C=O) groups excluding carboxylic acids is 2. The third-order valence-electron chi connectivity index (χ3n) is 3.08. The SMILES string of the molecule is CCC(CN1CC(=O)N(CC)CC1=O)NC. The average molecular weight is 227 g/mol. The molecule has 0 aromatic carbocycles. The fraction of sp³-hybridized carbons (Fsp3) is 0.818. The molecule has 1 heterocycles. The average Bonchev–Trinajstić information content (AvgIpc) is 2.29. The third-order valence-corrected chi connectivity index (χ3v) is 3.08. The van der Waals surface area contributed by atoms with Crippen LogP contribution < -0.4 is 5.32 Å². The number of amides is 2. The Kier molecular flexibility index (Phi) is 4.73. The second-order valence-corrected chi connectivity index (χ2v) is 4.08. The summed E-state index contributed by atoms with van der Waals surface area (Å²) in [6.45, 7) is 5.65. The van der Waals surface area contributed by atoms with E-state index in [0.29, 0.717) is 13.1 Å². The van der Waals surface area contributed by atoms with Gasteiger partial charge in [-0.3, -0.25) is 9.59 Å². The Bertz CT molecular complexity index is 264. The summed E-state index contributed by atoms with van der Waals surface area (Å²) >= 11 is 0. The van der Waals surface area contributed by atoms with Gasteiger partial charge in [0.15, 0.2) is 0 Å². The van der Waals surface area contributed by atoms with E-state index < -0.39 is 0 Å². The molecule has 0 aromatic heterocycles. The summed E-state index contributed by atoms with van der Waals surface area (Å²) in [5.74, 6) is 0.100. The number of nitrogens with zero attached hydrogens (tertiary/aromatic N) is 2. The summed E-state index contributed by atoms with van der Waals surface area (Å²) in [6, 6.07) is 0.268. The Morgan fingerprint density at radius 2 is 1.75 bits per heavy atom. The fourth-order valence-electron chi connectivity index (χ4n) is 1.85. The smallest absolute Gasteiger partial charge is 0.242 e. The summed E-state index contributed by atoms with van der Waals surface area (Å²) in [5.41, 5.74) is 0. The van der Waals surface area contributed by atoms with Crippen molar-refractivity contribution in [3.05, 3.63) is 0 Å². The summed E-state index contributed by atoms with van der Waals surface area (Å²) in [6.07, 6.45) is 0.950. The van der Waals surface area contributed by atoms with Crippen molar-refractivity contribution in [2.45, 2.75) is 26.3 Å². The van der Waals surface area contributed by atoms with E-state index in [2.05, 4.69) is 12.2 Å². The van der Waals surface area contributed by atoms with Crippen molar-refractivity contribution in [3.63, 3.8) is 0 Å². The fourth-order valence-corrected chi connectivity index (χ4v) is 1.85. The molecule has 1 N–H and O–H groups in total. The molecule has 0 aromatic rings. The standard InChI is InChI=1S/C11H21N3O2/c1-4-9(12-3)6-14-8-10(15)13(5-2)7-11(14)16/h9,12H,4-8H2,1-3H3. The monoisotopic (exact) mass is 227 g/mol. The zero-order valence-corrected chi connectivity index (χ0v) is 10.3. The molecule has 1 aliphatic rings. The van der Waals surface area contributed by atoms with Crippen LogP contribution in [0.2, 0.25) is 0 Å². The van der Waals surface area contributed by atoms with E-state index in [1.807, 2.05) is 14.0 Å². The van der Waals surface area contributed by atoms with E-state index in [4.69, 9.17) is 0 Å². The minimum Gasteiger partial charge on any atom is -0.332 e. The zero-order chi connectivity index (χ0) is 12.1. The molecule has 1 unspecified atom stereocenters. The van der Waals surface area contributed by atoms with E-state index in [-0.39, 0.29) is 30.9 Å². The third kappa shape index (κ3) is 2.95. The van der Waals surface area contributed by atoms with E-state index in [9.17, 15) is 9.59 Å². The molecule has 1 rings (SSSR count). The van der Waals surface area contributed by atoms with Gasteiger partial charge in [-0.1, -0.05) is 6.92 Å². The molecule has 16 heavy (non-hydrogen) atoms. The van der Waals surface area contributed by atoms with Crippen LogP contribution in [-0.2, 0) is 9.59 Å². The lowest BCUT2D eigenvalue weighted by Crippen LogP contribution is -2.56. The van der Waals surface area contributed by atoms with Gasteiger partial charge in [-0.15, -0.1) is 0 Å². The van der Waals surface area contributed by atoms with Crippen LogP contribution >= 0.6 is 0 Å². The van der Waals surface area contributed by atoms with Gasteiger partial charge in [0.1, 0.15) is 0 Å². The van der Waals surface area contributed by atoms with Crippen molar-refractivity contribution in [1.82, 2.24) is 15.1 Å². The number of carbonyl (C=O) groups is 2. The molecule has 0 bridgehead atoms. The molecule has 5 heteroatoms. The van der Waals surface area contributed by atoms with Crippen LogP contribution in [0.15, 0.2) is 0 Å². The minimum atomic E-state index is 0.0491. The summed E-state index contributed by atoms with van der Waals surface area (Å²) in [4.78, 5) is 26.7. The molecular weight excluding hydrogens is 206 g/mol. The van der Waals surface area contributed by atoms with Crippen molar-refractivity contribution in [1.29, 1.82) is 0 Å². The maximum Gasteiger partial charge on any atom is 0.242 e. The Labute approximate surface area is 96.8 Å². The van der Waals surface area contributed by atoms with Gasteiger partial charge in [0.2, 0.25) is 11.8 Å². The quantitative estimate of drug-likeness (QED) is 0.700. The lowest BCUT2D eigenvalue weighted by atomic mass is 10.2. The van der Waals surface area contributed by atoms with Crippen molar-refractivity contribution in [2.24, 2.45) is 0 Å². The van der Waals surface area contributed by atoms with Crippen LogP contribution in [0.4, 0.5) is 0 Å². The molecule has 1 aliphatic heterocycles. The predicted octanol–water partition coefficient (Wildman–Crippen LogP) is -0.325. The molecule has 5 nitrogen and oxygen atoms in total. The van der Waals surface area contributed by atoms with Gasteiger partial charge in [0.25, 0.3) is 0 Å². The Hall–Kier alpha value is -1.10. The number of hydrogen-bond donors (Lipinski definition) is 1. The van der Waals surface area contributed by atoms with Gasteiger partial charge >= 0.3 is 0 Å². The Morgan fingerprint density at radius 3 is 2.25 bits per heavy atom. The van der Waals surface area contributed by atoms with Crippen molar-refractivity contribution in [3.8, 4) is 0 Å². The molecule has 0 aliphatic carbocycles. The molecular formula is C11H21N3O2. The number of piperazine rings is 1. The number of nitrogens with one attached hydrogen (secondary N) is 1. The maximum absolute atomic E-state index is 11.8. The first kappa shape index (κ1) is 13.0. The van der Waals surface area contributed by atoms with Crippen molar-refractivity contribution in [2.75, 3.05) is 33.2 Å². The van der Waals surface area contributed by atoms with Crippen molar-refractivity contribution >= 4 is 11.8 Å². The number of rotatable bonds is 5.